The molecule has 1 aromatic carbocycles. The standard InChI is InChI=1S/C33H46F2N8O6S/c1-32(2,3)26(36-17-19-7-5-6-8-19)30(45)42-18-21(43-39-28(38-41-43)20-9-11-22(49-4)12-10-20)15-25(42)29(44)37-33(16-24(33)27(34)35)31(46)40-50(47,48)23-13-14-23/h9-12,19,21,23-27,36H,5-8,13-18H2,1-4H3,(H,37,44)(H,40,46)/t21-,24+,25?,26-,33-/m1/s1. The Hall–Kier alpha value is -3.73. The van der Waals surface area contributed by atoms with Gasteiger partial charge in [-0.1, -0.05) is 33.6 Å². The third kappa shape index (κ3) is 7.48. The van der Waals surface area contributed by atoms with Crippen molar-refractivity contribution in [1.29, 1.82) is 0 Å². The Bertz CT molecular complexity index is 1690. The number of nitrogens with one attached hydrogen (secondary N) is 3. The van der Waals surface area contributed by atoms with E-state index in [4.69, 9.17) is 4.74 Å². The van der Waals surface area contributed by atoms with Crippen LogP contribution in [0.4, 0.5) is 8.78 Å². The van der Waals surface area contributed by atoms with Crippen LogP contribution in [0.1, 0.15) is 78.2 Å². The van der Waals surface area contributed by atoms with Crippen LogP contribution in [-0.2, 0) is 24.4 Å². The van der Waals surface area contributed by atoms with Crippen molar-refractivity contribution >= 4 is 27.7 Å². The number of methoxy groups -OCH3 is 1. The number of rotatable bonds is 13. The number of hydrogen-bond donors (Lipinski definition) is 3. The van der Waals surface area contributed by atoms with Crippen LogP contribution in [0.5, 0.6) is 5.75 Å². The minimum absolute atomic E-state index is 0.00684. The fourth-order valence-corrected chi connectivity index (χ4v) is 8.54. The molecule has 17 heteroatoms. The van der Waals surface area contributed by atoms with Gasteiger partial charge in [0.2, 0.25) is 34.1 Å². The van der Waals surface area contributed by atoms with Gasteiger partial charge in [0.05, 0.1) is 30.4 Å². The number of benzene rings is 1. The molecule has 1 unspecified atom stereocenters. The predicted octanol–water partition coefficient (Wildman–Crippen LogP) is 2.43. The SMILES string of the molecule is COc1ccc(-c2nnn([C@@H]3CC(C(=O)N[C@]4(C(=O)NS(=O)(=O)C5CC5)C[C@H]4C(F)F)N(C(=O)[C@@H](NCC4CCCC4)C(C)(C)C)C3)n2)cc1. The molecule has 6 rings (SSSR count). The molecule has 1 aromatic heterocycles. The summed E-state index contributed by atoms with van der Waals surface area (Å²) in [5.41, 5.74) is -2.02. The first-order valence-electron chi connectivity index (χ1n) is 17.3. The van der Waals surface area contributed by atoms with E-state index in [2.05, 4.69) is 26.0 Å². The summed E-state index contributed by atoms with van der Waals surface area (Å²) in [4.78, 5) is 44.6. The summed E-state index contributed by atoms with van der Waals surface area (Å²) in [6.45, 7) is 6.43. The Labute approximate surface area is 290 Å². The van der Waals surface area contributed by atoms with Crippen molar-refractivity contribution in [3.05, 3.63) is 24.3 Å². The summed E-state index contributed by atoms with van der Waals surface area (Å²) in [7, 11) is -2.52. The quantitative estimate of drug-likeness (QED) is 0.279. The number of likely N-dealkylation sites (tertiary alicyclic amines) is 1. The predicted molar refractivity (Wildman–Crippen MR) is 177 cm³/mol. The van der Waals surface area contributed by atoms with Crippen molar-refractivity contribution in [3.8, 4) is 17.1 Å². The molecule has 0 bridgehead atoms. The third-order valence-corrected chi connectivity index (χ3v) is 12.3. The Morgan fingerprint density at radius 3 is 2.34 bits per heavy atom. The zero-order valence-electron chi connectivity index (χ0n) is 28.8. The van der Waals surface area contributed by atoms with Crippen LogP contribution in [0, 0.1) is 17.3 Å². The van der Waals surface area contributed by atoms with Gasteiger partial charge in [-0.3, -0.25) is 19.1 Å². The highest BCUT2D eigenvalue weighted by Gasteiger charge is 2.66. The van der Waals surface area contributed by atoms with Crippen LogP contribution < -0.4 is 20.1 Å². The number of nitrogens with zero attached hydrogens (tertiary/aromatic N) is 5. The van der Waals surface area contributed by atoms with E-state index >= 15 is 0 Å². The monoisotopic (exact) mass is 720 g/mol. The third-order valence-electron chi connectivity index (χ3n) is 10.4. The first-order chi connectivity index (χ1) is 23.6. The van der Waals surface area contributed by atoms with E-state index in [9.17, 15) is 31.6 Å². The van der Waals surface area contributed by atoms with Crippen LogP contribution in [0.15, 0.2) is 24.3 Å². The smallest absolute Gasteiger partial charge is 0.259 e. The molecule has 3 aliphatic carbocycles. The molecule has 4 fully saturated rings. The van der Waals surface area contributed by atoms with Crippen molar-refractivity contribution in [1.82, 2.24) is 40.5 Å². The summed E-state index contributed by atoms with van der Waals surface area (Å²) in [6, 6.07) is 4.56. The number of tetrazole rings is 1. The fourth-order valence-electron chi connectivity index (χ4n) is 7.18. The van der Waals surface area contributed by atoms with E-state index < -0.39 is 74.9 Å². The first kappa shape index (κ1) is 36.1. The van der Waals surface area contributed by atoms with E-state index in [0.717, 1.165) is 25.7 Å². The van der Waals surface area contributed by atoms with E-state index in [1.165, 1.54) is 9.70 Å². The highest BCUT2D eigenvalue weighted by atomic mass is 32.2. The minimum Gasteiger partial charge on any atom is -0.497 e. The first-order valence-corrected chi connectivity index (χ1v) is 18.8. The molecule has 3 N–H and O–H groups in total. The largest absolute Gasteiger partial charge is 0.497 e. The van der Waals surface area contributed by atoms with Crippen molar-refractivity contribution < 1.29 is 36.3 Å². The number of sulfonamides is 1. The lowest BCUT2D eigenvalue weighted by Gasteiger charge is -2.36. The zero-order valence-corrected chi connectivity index (χ0v) is 29.6. The number of ether oxygens (including phenoxy) is 1. The van der Waals surface area contributed by atoms with E-state index in [1.807, 2.05) is 25.5 Å². The molecule has 3 amide bonds. The van der Waals surface area contributed by atoms with Crippen LogP contribution in [0.2, 0.25) is 0 Å². The lowest BCUT2D eigenvalue weighted by Crippen LogP contribution is -2.60. The molecular formula is C33H46F2N8O6S. The van der Waals surface area contributed by atoms with Gasteiger partial charge in [0, 0.05) is 18.5 Å². The normalized spacial score (nSPS) is 26.2. The molecule has 50 heavy (non-hydrogen) atoms. The van der Waals surface area contributed by atoms with Crippen molar-refractivity contribution in [2.24, 2.45) is 17.3 Å². The highest BCUT2D eigenvalue weighted by molar-refractivity contribution is 7.91. The van der Waals surface area contributed by atoms with Gasteiger partial charge in [0.25, 0.3) is 5.91 Å². The molecule has 14 nitrogen and oxygen atoms in total. The van der Waals surface area contributed by atoms with Gasteiger partial charge in [-0.15, -0.1) is 10.2 Å². The average molecular weight is 721 g/mol. The van der Waals surface area contributed by atoms with Gasteiger partial charge in [-0.25, -0.2) is 17.2 Å². The second kappa shape index (κ2) is 13.8. The number of amides is 3. The second-order valence-electron chi connectivity index (χ2n) is 15.2. The van der Waals surface area contributed by atoms with E-state index in [-0.39, 0.29) is 18.9 Å². The lowest BCUT2D eigenvalue weighted by atomic mass is 9.85. The summed E-state index contributed by atoms with van der Waals surface area (Å²) in [5, 5.41) is 18.1. The number of halogens is 2. The van der Waals surface area contributed by atoms with Gasteiger partial charge < -0.3 is 20.3 Å². The molecule has 0 spiro atoms. The fraction of sp³-hybridized carbons (Fsp3) is 0.697. The van der Waals surface area contributed by atoms with Gasteiger partial charge in [0.15, 0.2) is 0 Å². The van der Waals surface area contributed by atoms with Crippen molar-refractivity contribution in [3.63, 3.8) is 0 Å². The summed E-state index contributed by atoms with van der Waals surface area (Å²) in [5.74, 6) is -2.57. The van der Waals surface area contributed by atoms with Crippen LogP contribution in [0.25, 0.3) is 11.4 Å². The summed E-state index contributed by atoms with van der Waals surface area (Å²) < 4.78 is 60.4. The topological polar surface area (TPSA) is 178 Å². The van der Waals surface area contributed by atoms with Crippen LogP contribution in [0.3, 0.4) is 0 Å². The van der Waals surface area contributed by atoms with Crippen molar-refractivity contribution in [2.75, 3.05) is 20.2 Å². The Kier molecular flexibility index (Phi) is 9.93. The molecule has 0 radical (unpaired) electrons. The van der Waals surface area contributed by atoms with Gasteiger partial charge in [-0.05, 0) is 79.5 Å². The van der Waals surface area contributed by atoms with E-state index in [1.54, 1.807) is 31.4 Å². The Morgan fingerprint density at radius 2 is 1.76 bits per heavy atom. The van der Waals surface area contributed by atoms with Gasteiger partial charge >= 0.3 is 0 Å². The number of alkyl halides is 2. The molecule has 2 heterocycles. The molecule has 3 saturated carbocycles. The Morgan fingerprint density at radius 1 is 1.08 bits per heavy atom. The average Bonchev–Trinajstić information content (AvgIpc) is 3.84. The highest BCUT2D eigenvalue weighted by Crippen LogP contribution is 2.48. The van der Waals surface area contributed by atoms with Gasteiger partial charge in [-0.2, -0.15) is 4.80 Å². The van der Waals surface area contributed by atoms with Crippen molar-refractivity contribution in [2.45, 2.75) is 107 Å². The van der Waals surface area contributed by atoms with Gasteiger partial charge in [0.1, 0.15) is 17.3 Å². The minimum atomic E-state index is -4.07. The maximum absolute atomic E-state index is 14.5. The number of aromatic nitrogens is 4. The molecule has 5 atom stereocenters. The molecule has 1 saturated heterocycles. The summed E-state index contributed by atoms with van der Waals surface area (Å²) in [6.07, 6.45) is 1.71. The zero-order chi connectivity index (χ0) is 36.0. The number of carbonyl (C=O) groups excluding carboxylic acids is 3. The Balaban J connectivity index is 1.27. The molecule has 1 aliphatic heterocycles. The molecule has 4 aliphatic rings. The number of hydrogen-bond acceptors (Lipinski definition) is 10. The molecule has 2 aromatic rings. The number of carbonyl (C=O) groups is 3. The summed E-state index contributed by atoms with van der Waals surface area (Å²) >= 11 is 0. The molecule has 274 valence electrons. The lowest BCUT2D eigenvalue weighted by molar-refractivity contribution is -0.143. The second-order valence-corrected chi connectivity index (χ2v) is 17.2. The maximum Gasteiger partial charge on any atom is 0.259 e. The van der Waals surface area contributed by atoms with E-state index in [0.29, 0.717) is 42.4 Å². The van der Waals surface area contributed by atoms with Crippen LogP contribution >= 0.6 is 0 Å². The maximum atomic E-state index is 14.5. The molecular weight excluding hydrogens is 674 g/mol. The van der Waals surface area contributed by atoms with Crippen LogP contribution in [-0.4, -0.2) is 101 Å².